The summed E-state index contributed by atoms with van der Waals surface area (Å²) in [7, 11) is 4.10. The lowest BCUT2D eigenvalue weighted by Gasteiger charge is -2.07. The third-order valence-electron chi connectivity index (χ3n) is 3.69. The van der Waals surface area contributed by atoms with Crippen LogP contribution in [0, 0.1) is 12.8 Å². The Balaban J connectivity index is 1.87. The number of hydrogen-bond donors (Lipinski definition) is 2. The van der Waals surface area contributed by atoms with Crippen molar-refractivity contribution in [1.29, 1.82) is 0 Å². The van der Waals surface area contributed by atoms with Crippen molar-refractivity contribution in [2.75, 3.05) is 14.1 Å². The fourth-order valence-corrected chi connectivity index (χ4v) is 2.52. The van der Waals surface area contributed by atoms with E-state index in [-0.39, 0.29) is 5.91 Å². The van der Waals surface area contributed by atoms with Crippen molar-refractivity contribution in [1.82, 2.24) is 15.3 Å². The number of aromatic nitrogens is 1. The van der Waals surface area contributed by atoms with Crippen LogP contribution < -0.4 is 5.43 Å². The first-order chi connectivity index (χ1) is 9.54. The molecule has 106 valence electrons. The van der Waals surface area contributed by atoms with Gasteiger partial charge in [-0.2, -0.15) is 5.10 Å². The number of nitrogens with zero attached hydrogens (tertiary/aromatic N) is 2. The van der Waals surface area contributed by atoms with Gasteiger partial charge in [-0.3, -0.25) is 4.79 Å². The summed E-state index contributed by atoms with van der Waals surface area (Å²) in [6.07, 6.45) is 4.20. The van der Waals surface area contributed by atoms with Crippen LogP contribution >= 0.6 is 0 Å². The molecule has 1 aliphatic heterocycles. The van der Waals surface area contributed by atoms with E-state index in [9.17, 15) is 4.79 Å². The van der Waals surface area contributed by atoms with Crippen LogP contribution in [0.25, 0.3) is 6.08 Å². The van der Waals surface area contributed by atoms with Gasteiger partial charge >= 0.3 is 0 Å². The summed E-state index contributed by atoms with van der Waals surface area (Å²) >= 11 is 0. The highest BCUT2D eigenvalue weighted by molar-refractivity contribution is 6.28. The maximum Gasteiger partial charge on any atom is 0.273 e. The summed E-state index contributed by atoms with van der Waals surface area (Å²) in [6.45, 7) is 2.95. The molecule has 2 heterocycles. The Labute approximate surface area is 118 Å². The smallest absolute Gasteiger partial charge is 0.273 e. The molecule has 2 N–H and O–H groups in total. The van der Waals surface area contributed by atoms with E-state index in [1.165, 1.54) is 5.56 Å². The van der Waals surface area contributed by atoms with E-state index >= 15 is 0 Å². The second kappa shape index (κ2) is 4.90. The zero-order chi connectivity index (χ0) is 14.3. The van der Waals surface area contributed by atoms with Crippen LogP contribution in [0.4, 0.5) is 0 Å². The molecule has 3 rings (SSSR count). The molecule has 1 fully saturated rings. The van der Waals surface area contributed by atoms with Gasteiger partial charge in [-0.25, -0.2) is 5.43 Å². The SMILES string of the molecule is Cc1[nH]c(/C=C2\C(=O)NN=C2C2CC2)cc1CN(C)C. The molecule has 1 amide bonds. The van der Waals surface area contributed by atoms with Crippen LogP contribution in [-0.2, 0) is 11.3 Å². The van der Waals surface area contributed by atoms with Gasteiger partial charge in [0.25, 0.3) is 5.91 Å². The minimum atomic E-state index is -0.0895. The number of rotatable bonds is 4. The van der Waals surface area contributed by atoms with Gasteiger partial charge in [-0.1, -0.05) is 0 Å². The molecule has 0 unspecified atom stereocenters. The molecule has 1 aromatic heterocycles. The van der Waals surface area contributed by atoms with Crippen LogP contribution in [0.1, 0.15) is 29.8 Å². The van der Waals surface area contributed by atoms with Gasteiger partial charge in [0.1, 0.15) is 0 Å². The zero-order valence-corrected chi connectivity index (χ0v) is 12.2. The first-order valence-electron chi connectivity index (χ1n) is 6.98. The highest BCUT2D eigenvalue weighted by atomic mass is 16.2. The first-order valence-corrected chi connectivity index (χ1v) is 6.98. The predicted octanol–water partition coefficient (Wildman–Crippen LogP) is 1.66. The topological polar surface area (TPSA) is 60.5 Å². The summed E-state index contributed by atoms with van der Waals surface area (Å²) in [5.41, 5.74) is 7.59. The summed E-state index contributed by atoms with van der Waals surface area (Å²) < 4.78 is 0. The molecule has 1 aliphatic carbocycles. The lowest BCUT2D eigenvalue weighted by molar-refractivity contribution is -0.116. The first kappa shape index (κ1) is 13.1. The quantitative estimate of drug-likeness (QED) is 0.819. The highest BCUT2D eigenvalue weighted by Crippen LogP contribution is 2.35. The van der Waals surface area contributed by atoms with Crippen molar-refractivity contribution < 1.29 is 4.79 Å². The molecule has 2 aliphatic rings. The predicted molar refractivity (Wildman–Crippen MR) is 79.2 cm³/mol. The Morgan fingerprint density at radius 2 is 2.20 bits per heavy atom. The number of aromatic amines is 1. The van der Waals surface area contributed by atoms with Crippen molar-refractivity contribution >= 4 is 17.7 Å². The van der Waals surface area contributed by atoms with Gasteiger partial charge in [0.2, 0.25) is 0 Å². The molecular weight excluding hydrogens is 252 g/mol. The lowest BCUT2D eigenvalue weighted by Crippen LogP contribution is -2.13. The third kappa shape index (κ3) is 2.54. The average molecular weight is 272 g/mol. The number of aryl methyl sites for hydroxylation is 1. The van der Waals surface area contributed by atoms with Crippen LogP contribution in [0.3, 0.4) is 0 Å². The Hall–Kier alpha value is -1.88. The molecule has 0 aromatic carbocycles. The molecule has 0 atom stereocenters. The van der Waals surface area contributed by atoms with Crippen molar-refractivity contribution in [2.24, 2.45) is 11.0 Å². The number of hydrazone groups is 1. The van der Waals surface area contributed by atoms with Crippen molar-refractivity contribution in [3.05, 3.63) is 28.6 Å². The van der Waals surface area contributed by atoms with Gasteiger partial charge in [-0.05, 0) is 51.6 Å². The van der Waals surface area contributed by atoms with Crippen molar-refractivity contribution in [3.63, 3.8) is 0 Å². The Bertz CT molecular complexity index is 605. The van der Waals surface area contributed by atoms with Gasteiger partial charge in [-0.15, -0.1) is 0 Å². The number of carbonyl (C=O) groups excluding carboxylic acids is 1. The third-order valence-corrected chi connectivity index (χ3v) is 3.69. The summed E-state index contributed by atoms with van der Waals surface area (Å²) in [5, 5.41) is 4.16. The Kier molecular flexibility index (Phi) is 3.22. The maximum atomic E-state index is 11.9. The number of nitrogens with one attached hydrogen (secondary N) is 2. The molecule has 0 radical (unpaired) electrons. The molecular formula is C15H20N4O. The number of H-pyrrole nitrogens is 1. The van der Waals surface area contributed by atoms with E-state index in [1.807, 2.05) is 20.2 Å². The van der Waals surface area contributed by atoms with E-state index in [1.54, 1.807) is 0 Å². The molecule has 20 heavy (non-hydrogen) atoms. The van der Waals surface area contributed by atoms with E-state index < -0.39 is 0 Å². The van der Waals surface area contributed by atoms with Crippen molar-refractivity contribution in [3.8, 4) is 0 Å². The summed E-state index contributed by atoms with van der Waals surface area (Å²) in [4.78, 5) is 17.3. The second-order valence-electron chi connectivity index (χ2n) is 5.88. The molecule has 1 aromatic rings. The van der Waals surface area contributed by atoms with E-state index in [2.05, 4.69) is 33.4 Å². The number of carbonyl (C=O) groups is 1. The monoisotopic (exact) mass is 272 g/mol. The van der Waals surface area contributed by atoms with E-state index in [0.29, 0.717) is 11.5 Å². The zero-order valence-electron chi connectivity index (χ0n) is 12.2. The minimum Gasteiger partial charge on any atom is -0.359 e. The molecule has 0 bridgehead atoms. The minimum absolute atomic E-state index is 0.0895. The maximum absolute atomic E-state index is 11.9. The van der Waals surface area contributed by atoms with E-state index in [4.69, 9.17) is 0 Å². The normalized spacial score (nSPS) is 20.7. The molecule has 0 saturated heterocycles. The standard InChI is InChI=1S/C15H20N4O/c1-9-11(8-19(2)3)6-12(16-9)7-13-14(10-4-5-10)17-18-15(13)20/h6-7,10,16H,4-5,8H2,1-3H3,(H,18,20)/b13-7-. The largest absolute Gasteiger partial charge is 0.359 e. The Morgan fingerprint density at radius 1 is 1.45 bits per heavy atom. The summed E-state index contributed by atoms with van der Waals surface area (Å²) in [5.74, 6) is 0.380. The van der Waals surface area contributed by atoms with Crippen LogP contribution in [0.5, 0.6) is 0 Å². The Morgan fingerprint density at radius 3 is 2.85 bits per heavy atom. The highest BCUT2D eigenvalue weighted by Gasteiger charge is 2.35. The van der Waals surface area contributed by atoms with Gasteiger partial charge in [0.15, 0.2) is 0 Å². The number of hydrogen-bond acceptors (Lipinski definition) is 3. The fraction of sp³-hybridized carbons (Fsp3) is 0.467. The molecule has 0 spiro atoms. The van der Waals surface area contributed by atoms with Gasteiger partial charge in [0.05, 0.1) is 11.3 Å². The van der Waals surface area contributed by atoms with Crippen LogP contribution in [0.2, 0.25) is 0 Å². The number of amides is 1. The van der Waals surface area contributed by atoms with Gasteiger partial charge < -0.3 is 9.88 Å². The lowest BCUT2D eigenvalue weighted by atomic mass is 10.1. The second-order valence-corrected chi connectivity index (χ2v) is 5.88. The van der Waals surface area contributed by atoms with Gasteiger partial charge in [0, 0.05) is 23.9 Å². The van der Waals surface area contributed by atoms with Crippen LogP contribution in [0.15, 0.2) is 16.7 Å². The van der Waals surface area contributed by atoms with Crippen LogP contribution in [-0.4, -0.2) is 35.6 Å². The molecule has 5 nitrogen and oxygen atoms in total. The summed E-state index contributed by atoms with van der Waals surface area (Å²) in [6, 6.07) is 2.11. The van der Waals surface area contributed by atoms with Crippen molar-refractivity contribution in [2.45, 2.75) is 26.3 Å². The average Bonchev–Trinajstić information content (AvgIpc) is 3.07. The fourth-order valence-electron chi connectivity index (χ4n) is 2.52. The molecule has 5 heteroatoms. The van der Waals surface area contributed by atoms with E-state index in [0.717, 1.165) is 36.5 Å². The molecule has 1 saturated carbocycles.